The minimum absolute atomic E-state index is 0.321. The molecule has 124 valence electrons. The van der Waals surface area contributed by atoms with Crippen molar-refractivity contribution in [2.45, 2.75) is 6.67 Å². The molecule has 0 aliphatic carbocycles. The molecular weight excluding hydrogens is 328 g/mol. The maximum atomic E-state index is 12.1. The molecule has 0 bridgehead atoms. The van der Waals surface area contributed by atoms with Crippen LogP contribution in [-0.2, 0) is 6.67 Å². The number of hydrogen-bond acceptors (Lipinski definition) is 3. The standard InChI is InChI=1S/C17H17ClN4O2/c18-13-4-5-14-15(11-13)24-17(23)22(14)12-20-7-9-21(10-8-20)16-3-1-2-6-19-16/h1-6,11H,7-10,12H2/p+2. The highest BCUT2D eigenvalue weighted by Crippen LogP contribution is 2.17. The van der Waals surface area contributed by atoms with Gasteiger partial charge in [-0.2, -0.15) is 0 Å². The van der Waals surface area contributed by atoms with Gasteiger partial charge in [-0.3, -0.25) is 4.90 Å². The van der Waals surface area contributed by atoms with Crippen molar-refractivity contribution in [3.8, 4) is 0 Å². The number of aromatic nitrogens is 2. The van der Waals surface area contributed by atoms with E-state index in [0.717, 1.165) is 37.5 Å². The Hall–Kier alpha value is -2.31. The first-order valence-electron chi connectivity index (χ1n) is 8.05. The summed E-state index contributed by atoms with van der Waals surface area (Å²) in [7, 11) is 0. The number of halogens is 1. The number of piperazine rings is 1. The van der Waals surface area contributed by atoms with E-state index in [4.69, 9.17) is 16.0 Å². The van der Waals surface area contributed by atoms with Gasteiger partial charge in [-0.25, -0.2) is 14.3 Å². The molecule has 0 unspecified atom stereocenters. The molecule has 3 heterocycles. The summed E-state index contributed by atoms with van der Waals surface area (Å²) in [6.45, 7) is 4.45. The van der Waals surface area contributed by atoms with Crippen LogP contribution in [0.3, 0.4) is 0 Å². The largest absolute Gasteiger partial charge is 0.424 e. The van der Waals surface area contributed by atoms with Gasteiger partial charge in [-0.05, 0) is 18.2 Å². The average Bonchev–Trinajstić information content (AvgIpc) is 2.91. The van der Waals surface area contributed by atoms with Gasteiger partial charge in [0.2, 0.25) is 0 Å². The average molecular weight is 347 g/mol. The maximum absolute atomic E-state index is 12.1. The van der Waals surface area contributed by atoms with Crippen LogP contribution in [-0.4, -0.2) is 30.7 Å². The zero-order chi connectivity index (χ0) is 16.5. The van der Waals surface area contributed by atoms with Crippen LogP contribution in [0.15, 0.2) is 51.8 Å². The number of nitrogens with one attached hydrogen (secondary N) is 2. The van der Waals surface area contributed by atoms with E-state index in [1.165, 1.54) is 4.90 Å². The molecule has 1 saturated heterocycles. The minimum Gasteiger partial charge on any atom is -0.408 e. The van der Waals surface area contributed by atoms with Crippen LogP contribution in [0.5, 0.6) is 0 Å². The number of quaternary nitrogens is 1. The molecule has 0 spiro atoms. The lowest BCUT2D eigenvalue weighted by molar-refractivity contribution is -0.923. The van der Waals surface area contributed by atoms with Crippen molar-refractivity contribution < 1.29 is 14.3 Å². The monoisotopic (exact) mass is 346 g/mol. The van der Waals surface area contributed by atoms with Crippen LogP contribution in [0, 0.1) is 0 Å². The van der Waals surface area contributed by atoms with Gasteiger partial charge >= 0.3 is 5.76 Å². The Kier molecular flexibility index (Phi) is 4.00. The molecule has 2 N–H and O–H groups in total. The van der Waals surface area contributed by atoms with E-state index in [9.17, 15) is 4.79 Å². The Labute approximate surface area is 143 Å². The quantitative estimate of drug-likeness (QED) is 0.748. The van der Waals surface area contributed by atoms with Crippen LogP contribution in [0.4, 0.5) is 5.82 Å². The fourth-order valence-corrected chi connectivity index (χ4v) is 3.38. The van der Waals surface area contributed by atoms with Crippen LogP contribution in [0.1, 0.15) is 0 Å². The molecule has 24 heavy (non-hydrogen) atoms. The molecule has 3 aromatic rings. The lowest BCUT2D eigenvalue weighted by Crippen LogP contribution is -3.14. The van der Waals surface area contributed by atoms with Crippen molar-refractivity contribution in [1.82, 2.24) is 4.57 Å². The summed E-state index contributed by atoms with van der Waals surface area (Å²) in [5.74, 6) is 0.815. The number of rotatable bonds is 3. The van der Waals surface area contributed by atoms with Crippen molar-refractivity contribution in [3.05, 3.63) is 58.2 Å². The molecule has 0 saturated carbocycles. The smallest absolute Gasteiger partial charge is 0.408 e. The van der Waals surface area contributed by atoms with Crippen molar-refractivity contribution in [2.75, 3.05) is 31.1 Å². The summed E-state index contributed by atoms with van der Waals surface area (Å²) in [5.41, 5.74) is 1.35. The summed E-state index contributed by atoms with van der Waals surface area (Å²) in [5, 5.41) is 0.573. The van der Waals surface area contributed by atoms with E-state index < -0.39 is 0 Å². The number of oxazole rings is 1. The predicted octanol–water partition coefficient (Wildman–Crippen LogP) is 0.425. The zero-order valence-electron chi connectivity index (χ0n) is 13.2. The second kappa shape index (κ2) is 6.30. The lowest BCUT2D eigenvalue weighted by atomic mass is 10.3. The molecule has 6 nitrogen and oxygen atoms in total. The first-order valence-corrected chi connectivity index (χ1v) is 8.42. The van der Waals surface area contributed by atoms with Gasteiger partial charge < -0.3 is 9.32 Å². The maximum Gasteiger partial charge on any atom is 0.424 e. The molecule has 1 aliphatic rings. The number of hydrogen-bond donors (Lipinski definition) is 1. The fourth-order valence-electron chi connectivity index (χ4n) is 3.22. The third-order valence-corrected chi connectivity index (χ3v) is 4.75. The highest BCUT2D eigenvalue weighted by atomic mass is 35.5. The molecular formula is C17H19ClN4O2+2. The van der Waals surface area contributed by atoms with Crippen LogP contribution < -0.4 is 20.5 Å². The molecule has 4 rings (SSSR count). The molecule has 1 aliphatic heterocycles. The van der Waals surface area contributed by atoms with Crippen molar-refractivity contribution >= 4 is 28.5 Å². The van der Waals surface area contributed by atoms with Crippen LogP contribution >= 0.6 is 11.6 Å². The summed E-state index contributed by atoms with van der Waals surface area (Å²) < 4.78 is 7.01. The Bertz CT molecular complexity index is 898. The number of pyridine rings is 1. The first-order chi connectivity index (χ1) is 11.7. The molecule has 2 aromatic heterocycles. The van der Waals surface area contributed by atoms with Gasteiger partial charge in [0.05, 0.1) is 11.7 Å². The number of aromatic amines is 1. The van der Waals surface area contributed by atoms with E-state index in [1.54, 1.807) is 16.7 Å². The highest BCUT2D eigenvalue weighted by molar-refractivity contribution is 6.31. The highest BCUT2D eigenvalue weighted by Gasteiger charge is 2.26. The third kappa shape index (κ3) is 2.90. The fraction of sp³-hybridized carbons (Fsp3) is 0.294. The summed E-state index contributed by atoms with van der Waals surface area (Å²) in [6, 6.07) is 11.4. The van der Waals surface area contributed by atoms with Crippen LogP contribution in [0.2, 0.25) is 5.02 Å². The van der Waals surface area contributed by atoms with Gasteiger partial charge in [-0.1, -0.05) is 17.7 Å². The van der Waals surface area contributed by atoms with Gasteiger partial charge in [0.15, 0.2) is 12.3 Å². The molecule has 0 radical (unpaired) electrons. The number of H-pyrrole nitrogens is 1. The Balaban J connectivity index is 1.48. The molecule has 7 heteroatoms. The Morgan fingerprint density at radius 2 is 2.04 bits per heavy atom. The van der Waals surface area contributed by atoms with Gasteiger partial charge in [-0.15, -0.1) is 0 Å². The molecule has 0 amide bonds. The third-order valence-electron chi connectivity index (χ3n) is 4.52. The van der Waals surface area contributed by atoms with E-state index in [0.29, 0.717) is 17.3 Å². The van der Waals surface area contributed by atoms with Crippen LogP contribution in [0.25, 0.3) is 11.1 Å². The number of nitrogens with zero attached hydrogens (tertiary/aromatic N) is 2. The normalized spacial score (nSPS) is 16.0. The minimum atomic E-state index is -0.321. The van der Waals surface area contributed by atoms with E-state index in [-0.39, 0.29) is 5.76 Å². The van der Waals surface area contributed by atoms with Crippen molar-refractivity contribution in [1.29, 1.82) is 0 Å². The number of anilines is 1. The van der Waals surface area contributed by atoms with Gasteiger partial charge in [0.25, 0.3) is 5.82 Å². The Morgan fingerprint density at radius 3 is 2.79 bits per heavy atom. The topological polar surface area (TPSA) is 57.0 Å². The summed E-state index contributed by atoms with van der Waals surface area (Å²) in [6.07, 6.45) is 1.94. The van der Waals surface area contributed by atoms with Gasteiger partial charge in [0.1, 0.15) is 26.2 Å². The summed E-state index contributed by atoms with van der Waals surface area (Å²) in [4.78, 5) is 19.1. The summed E-state index contributed by atoms with van der Waals surface area (Å²) >= 11 is 5.96. The second-order valence-corrected chi connectivity index (χ2v) is 6.49. The first kappa shape index (κ1) is 15.2. The van der Waals surface area contributed by atoms with Crippen molar-refractivity contribution in [2.24, 2.45) is 0 Å². The molecule has 1 aromatic carbocycles. The van der Waals surface area contributed by atoms with E-state index >= 15 is 0 Å². The van der Waals surface area contributed by atoms with Crippen molar-refractivity contribution in [3.63, 3.8) is 0 Å². The number of benzene rings is 1. The number of fused-ring (bicyclic) bond motifs is 1. The lowest BCUT2D eigenvalue weighted by Gasteiger charge is -2.28. The van der Waals surface area contributed by atoms with E-state index in [2.05, 4.69) is 16.0 Å². The molecule has 0 atom stereocenters. The Morgan fingerprint density at radius 1 is 1.21 bits per heavy atom. The second-order valence-electron chi connectivity index (χ2n) is 6.05. The zero-order valence-corrected chi connectivity index (χ0v) is 13.9. The predicted molar refractivity (Wildman–Crippen MR) is 91.4 cm³/mol. The van der Waals surface area contributed by atoms with E-state index in [1.807, 2.05) is 24.4 Å². The van der Waals surface area contributed by atoms with Gasteiger partial charge in [0, 0.05) is 17.2 Å². The molecule has 1 fully saturated rings. The SMILES string of the molecule is O=c1oc2cc(Cl)ccc2n1C[NH+]1CCN(c2cccc[nH+]2)CC1.